The standard InChI is InChI=1S/C40H25N3O5/c44-42(45)31-20-16-28(17-21-31)39-37(26-10-4-1-5-11-26)33-25-36-34(24-35(33)41(39)30-14-8-3-9-15-30)38(27-12-6-2-7-13-27)40(48-36)29-18-22-32(23-19-29)43(46)47/h1-25H. The lowest BCUT2D eigenvalue weighted by Crippen LogP contribution is -1.98. The lowest BCUT2D eigenvalue weighted by molar-refractivity contribution is -0.385. The van der Waals surface area contributed by atoms with E-state index in [1.807, 2.05) is 78.9 Å². The maximum atomic E-state index is 11.6. The normalized spacial score (nSPS) is 11.2. The molecule has 0 saturated heterocycles. The Labute approximate surface area is 274 Å². The molecule has 8 heteroatoms. The number of nitro benzene ring substituents is 2. The highest BCUT2D eigenvalue weighted by Crippen LogP contribution is 2.48. The molecule has 0 aliphatic heterocycles. The summed E-state index contributed by atoms with van der Waals surface area (Å²) in [6, 6.07) is 47.3. The second-order valence-corrected chi connectivity index (χ2v) is 11.4. The zero-order valence-electron chi connectivity index (χ0n) is 25.3. The average Bonchev–Trinajstić information content (AvgIpc) is 3.67. The van der Waals surface area contributed by atoms with Gasteiger partial charge in [-0.2, -0.15) is 0 Å². The van der Waals surface area contributed by atoms with Gasteiger partial charge in [0.15, 0.2) is 0 Å². The molecule has 0 spiro atoms. The number of nitro groups is 2. The molecule has 0 radical (unpaired) electrons. The van der Waals surface area contributed by atoms with Crippen molar-refractivity contribution in [2.75, 3.05) is 0 Å². The Morgan fingerprint density at radius 2 is 1.00 bits per heavy atom. The molecule has 0 N–H and O–H groups in total. The van der Waals surface area contributed by atoms with Gasteiger partial charge in [-0.15, -0.1) is 0 Å². The van der Waals surface area contributed by atoms with Gasteiger partial charge in [-0.05, 0) is 65.2 Å². The number of furan rings is 1. The van der Waals surface area contributed by atoms with E-state index in [1.54, 1.807) is 24.3 Å². The Hall–Kier alpha value is -6.80. The van der Waals surface area contributed by atoms with Gasteiger partial charge in [0.25, 0.3) is 11.4 Å². The highest BCUT2D eigenvalue weighted by Gasteiger charge is 2.26. The third kappa shape index (κ3) is 4.80. The summed E-state index contributed by atoms with van der Waals surface area (Å²) in [5.74, 6) is 0.613. The van der Waals surface area contributed by atoms with Crippen molar-refractivity contribution in [3.63, 3.8) is 0 Å². The van der Waals surface area contributed by atoms with Crippen molar-refractivity contribution in [3.05, 3.63) is 172 Å². The Morgan fingerprint density at radius 3 is 1.54 bits per heavy atom. The summed E-state index contributed by atoms with van der Waals surface area (Å²) in [5, 5.41) is 24.8. The number of fused-ring (bicyclic) bond motifs is 2. The SMILES string of the molecule is O=[N+]([O-])c1ccc(-c2oc3cc4c(-c5ccccc5)c(-c5ccc([N+](=O)[O-])cc5)n(-c5ccccc5)c4cc3c2-c2ccccc2)cc1. The van der Waals surface area contributed by atoms with Crippen LogP contribution in [0.15, 0.2) is 156 Å². The van der Waals surface area contributed by atoms with E-state index in [0.29, 0.717) is 11.3 Å². The van der Waals surface area contributed by atoms with E-state index in [1.165, 1.54) is 24.3 Å². The van der Waals surface area contributed by atoms with E-state index < -0.39 is 9.85 Å². The fourth-order valence-corrected chi connectivity index (χ4v) is 6.46. The quantitative estimate of drug-likeness (QED) is 0.129. The lowest BCUT2D eigenvalue weighted by Gasteiger charge is -2.13. The van der Waals surface area contributed by atoms with Crippen LogP contribution in [0.5, 0.6) is 0 Å². The number of hydrogen-bond acceptors (Lipinski definition) is 5. The van der Waals surface area contributed by atoms with Crippen molar-refractivity contribution >= 4 is 33.2 Å². The van der Waals surface area contributed by atoms with Crippen LogP contribution >= 0.6 is 0 Å². The molecule has 0 aliphatic rings. The molecule has 230 valence electrons. The number of non-ortho nitro benzene ring substituents is 2. The highest BCUT2D eigenvalue weighted by molar-refractivity contribution is 6.13. The van der Waals surface area contributed by atoms with Gasteiger partial charge >= 0.3 is 0 Å². The zero-order valence-corrected chi connectivity index (χ0v) is 25.3. The van der Waals surface area contributed by atoms with Crippen LogP contribution < -0.4 is 0 Å². The molecule has 2 aromatic heterocycles. The van der Waals surface area contributed by atoms with Crippen LogP contribution in [0.4, 0.5) is 11.4 Å². The number of rotatable bonds is 7. The largest absolute Gasteiger partial charge is 0.455 e. The molecule has 8 aromatic rings. The second kappa shape index (κ2) is 11.5. The summed E-state index contributed by atoms with van der Waals surface area (Å²) in [5.41, 5.74) is 8.74. The fourth-order valence-electron chi connectivity index (χ4n) is 6.46. The Balaban J connectivity index is 1.50. The van der Waals surface area contributed by atoms with Gasteiger partial charge in [0.05, 0.1) is 21.1 Å². The first-order valence-electron chi connectivity index (χ1n) is 15.3. The van der Waals surface area contributed by atoms with Gasteiger partial charge in [0, 0.05) is 57.4 Å². The van der Waals surface area contributed by atoms with Crippen LogP contribution in [-0.2, 0) is 0 Å². The minimum Gasteiger partial charge on any atom is -0.455 e. The van der Waals surface area contributed by atoms with Gasteiger partial charge in [0.2, 0.25) is 0 Å². The van der Waals surface area contributed by atoms with Crippen molar-refractivity contribution in [1.29, 1.82) is 0 Å². The monoisotopic (exact) mass is 627 g/mol. The number of nitrogens with zero attached hydrogens (tertiary/aromatic N) is 3. The molecular formula is C40H25N3O5. The van der Waals surface area contributed by atoms with Crippen LogP contribution in [0.1, 0.15) is 0 Å². The summed E-state index contributed by atoms with van der Waals surface area (Å²) in [7, 11) is 0. The first-order valence-corrected chi connectivity index (χ1v) is 15.3. The summed E-state index contributed by atoms with van der Waals surface area (Å²) >= 11 is 0. The van der Waals surface area contributed by atoms with Crippen molar-refractivity contribution < 1.29 is 14.3 Å². The Morgan fingerprint density at radius 1 is 0.500 bits per heavy atom. The Bertz CT molecular complexity index is 2470. The molecule has 0 bridgehead atoms. The minimum atomic E-state index is -0.413. The van der Waals surface area contributed by atoms with E-state index in [0.717, 1.165) is 61.1 Å². The molecule has 0 fully saturated rings. The number of para-hydroxylation sites is 1. The van der Waals surface area contributed by atoms with Crippen molar-refractivity contribution in [3.8, 4) is 50.5 Å². The van der Waals surface area contributed by atoms with E-state index in [-0.39, 0.29) is 11.4 Å². The van der Waals surface area contributed by atoms with Crippen LogP contribution in [0.2, 0.25) is 0 Å². The predicted molar refractivity (Wildman–Crippen MR) is 188 cm³/mol. The van der Waals surface area contributed by atoms with Gasteiger partial charge in [-0.3, -0.25) is 20.2 Å². The molecule has 0 unspecified atom stereocenters. The third-order valence-electron chi connectivity index (χ3n) is 8.61. The van der Waals surface area contributed by atoms with Crippen molar-refractivity contribution in [2.45, 2.75) is 0 Å². The van der Waals surface area contributed by atoms with Gasteiger partial charge in [-0.25, -0.2) is 0 Å². The van der Waals surface area contributed by atoms with Crippen LogP contribution in [0.3, 0.4) is 0 Å². The van der Waals surface area contributed by atoms with Gasteiger partial charge < -0.3 is 8.98 Å². The van der Waals surface area contributed by atoms with Crippen LogP contribution in [0, 0.1) is 20.2 Å². The zero-order chi connectivity index (χ0) is 32.8. The summed E-state index contributed by atoms with van der Waals surface area (Å²) in [6.45, 7) is 0. The van der Waals surface area contributed by atoms with E-state index in [4.69, 9.17) is 4.42 Å². The smallest absolute Gasteiger partial charge is 0.269 e. The van der Waals surface area contributed by atoms with Crippen molar-refractivity contribution in [1.82, 2.24) is 4.57 Å². The van der Waals surface area contributed by atoms with Crippen molar-refractivity contribution in [2.24, 2.45) is 0 Å². The maximum absolute atomic E-state index is 11.6. The minimum absolute atomic E-state index is 0.00464. The summed E-state index contributed by atoms with van der Waals surface area (Å²) in [6.07, 6.45) is 0. The molecule has 8 nitrogen and oxygen atoms in total. The number of hydrogen-bond donors (Lipinski definition) is 0. The Kier molecular flexibility index (Phi) is 6.88. The average molecular weight is 628 g/mol. The van der Waals surface area contributed by atoms with Crippen LogP contribution in [0.25, 0.3) is 72.4 Å². The van der Waals surface area contributed by atoms with E-state index in [2.05, 4.69) is 28.8 Å². The molecule has 0 aliphatic carbocycles. The maximum Gasteiger partial charge on any atom is 0.269 e. The van der Waals surface area contributed by atoms with E-state index >= 15 is 0 Å². The van der Waals surface area contributed by atoms with Gasteiger partial charge in [0.1, 0.15) is 11.3 Å². The first kappa shape index (κ1) is 28.7. The number of benzene rings is 6. The fraction of sp³-hybridized carbons (Fsp3) is 0. The predicted octanol–water partition coefficient (Wildman–Crippen LogP) is 10.9. The molecule has 0 amide bonds. The summed E-state index contributed by atoms with van der Waals surface area (Å²) < 4.78 is 8.89. The van der Waals surface area contributed by atoms with Crippen LogP contribution in [-0.4, -0.2) is 14.4 Å². The number of aromatic nitrogens is 1. The topological polar surface area (TPSA) is 104 Å². The van der Waals surface area contributed by atoms with E-state index in [9.17, 15) is 20.2 Å². The molecule has 48 heavy (non-hydrogen) atoms. The summed E-state index contributed by atoms with van der Waals surface area (Å²) in [4.78, 5) is 22.2. The third-order valence-corrected chi connectivity index (χ3v) is 8.61. The molecule has 0 saturated carbocycles. The van der Waals surface area contributed by atoms with Gasteiger partial charge in [-0.1, -0.05) is 78.9 Å². The lowest BCUT2D eigenvalue weighted by atomic mass is 9.96. The highest BCUT2D eigenvalue weighted by atomic mass is 16.6. The molecule has 8 rings (SSSR count). The molecule has 6 aromatic carbocycles. The second-order valence-electron chi connectivity index (χ2n) is 11.4. The molecule has 0 atom stereocenters. The first-order chi connectivity index (χ1) is 23.5. The molecule has 2 heterocycles. The molecular weight excluding hydrogens is 602 g/mol.